The number of hydrogen-bond acceptors (Lipinski definition) is 6. The van der Waals surface area contributed by atoms with Crippen LogP contribution in [0.3, 0.4) is 0 Å². The summed E-state index contributed by atoms with van der Waals surface area (Å²) in [6.45, 7) is 1.55. The van der Waals surface area contributed by atoms with Gasteiger partial charge in [-0.1, -0.05) is 23.7 Å². The van der Waals surface area contributed by atoms with Gasteiger partial charge in [0.05, 0.1) is 30.3 Å². The number of carbonyl (C=O) groups excluding carboxylic acids is 2. The molecule has 2 amide bonds. The second kappa shape index (κ2) is 10.5. The summed E-state index contributed by atoms with van der Waals surface area (Å²) in [6.07, 6.45) is 0. The monoisotopic (exact) mass is 541 g/mol. The predicted molar refractivity (Wildman–Crippen MR) is 139 cm³/mol. The summed E-state index contributed by atoms with van der Waals surface area (Å²) in [5.74, 6) is -0.0881. The van der Waals surface area contributed by atoms with Crippen molar-refractivity contribution in [1.82, 2.24) is 4.31 Å². The van der Waals surface area contributed by atoms with E-state index in [2.05, 4.69) is 5.32 Å². The number of nitrogens with one attached hydrogen (secondary N) is 1. The summed E-state index contributed by atoms with van der Waals surface area (Å²) in [5.41, 5.74) is 2.19. The number of morpholine rings is 1. The van der Waals surface area contributed by atoms with Crippen LogP contribution in [0.5, 0.6) is 5.75 Å². The molecule has 1 saturated heterocycles. The summed E-state index contributed by atoms with van der Waals surface area (Å²) in [5, 5.41) is 3.42. The number of nitrogens with zero attached hydrogens (tertiary/aromatic N) is 2. The molecule has 0 aromatic heterocycles. The number of rotatable bonds is 6. The Morgan fingerprint density at radius 2 is 1.68 bits per heavy atom. The van der Waals surface area contributed by atoms with Crippen molar-refractivity contribution in [2.45, 2.75) is 11.4 Å². The molecule has 2 heterocycles. The molecule has 0 spiro atoms. The molecule has 0 bridgehead atoms. The van der Waals surface area contributed by atoms with Gasteiger partial charge in [-0.05, 0) is 60.2 Å². The first-order valence-electron chi connectivity index (χ1n) is 11.6. The average molecular weight is 542 g/mol. The Balaban J connectivity index is 1.32. The van der Waals surface area contributed by atoms with Crippen molar-refractivity contribution in [1.29, 1.82) is 0 Å². The van der Waals surface area contributed by atoms with E-state index in [-0.39, 0.29) is 17.4 Å². The highest BCUT2D eigenvalue weighted by atomic mass is 35.5. The summed E-state index contributed by atoms with van der Waals surface area (Å²) in [7, 11) is -3.65. The normalized spacial score (nSPS) is 16.1. The molecule has 0 saturated carbocycles. The molecule has 0 unspecified atom stereocenters. The third-order valence-electron chi connectivity index (χ3n) is 6.14. The van der Waals surface area contributed by atoms with E-state index in [1.165, 1.54) is 28.6 Å². The number of halogens is 1. The fraction of sp³-hybridized carbons (Fsp3) is 0.231. The molecule has 0 atom stereocenters. The van der Waals surface area contributed by atoms with Gasteiger partial charge in [-0.25, -0.2) is 8.42 Å². The van der Waals surface area contributed by atoms with Gasteiger partial charge in [0.1, 0.15) is 5.75 Å². The van der Waals surface area contributed by atoms with E-state index in [1.807, 2.05) is 12.1 Å². The Morgan fingerprint density at radius 1 is 0.973 bits per heavy atom. The van der Waals surface area contributed by atoms with Gasteiger partial charge in [-0.15, -0.1) is 0 Å². The second-order valence-electron chi connectivity index (χ2n) is 8.57. The molecule has 1 N–H and O–H groups in total. The van der Waals surface area contributed by atoms with Gasteiger partial charge in [0.15, 0.2) is 6.61 Å². The number of ether oxygens (including phenoxy) is 2. The zero-order chi connectivity index (χ0) is 26.0. The van der Waals surface area contributed by atoms with Crippen molar-refractivity contribution >= 4 is 44.8 Å². The Hall–Kier alpha value is -3.44. The van der Waals surface area contributed by atoms with Gasteiger partial charge in [0.25, 0.3) is 11.8 Å². The van der Waals surface area contributed by atoms with Crippen LogP contribution < -0.4 is 15.0 Å². The number of sulfonamides is 1. The minimum absolute atomic E-state index is 0.0774. The first-order valence-corrected chi connectivity index (χ1v) is 13.4. The lowest BCUT2D eigenvalue weighted by Gasteiger charge is -2.30. The number of anilines is 2. The van der Waals surface area contributed by atoms with Crippen molar-refractivity contribution in [3.8, 4) is 5.75 Å². The molecule has 9 nitrogen and oxygen atoms in total. The molecule has 11 heteroatoms. The van der Waals surface area contributed by atoms with E-state index in [1.54, 1.807) is 35.2 Å². The molecule has 3 aromatic carbocycles. The first-order chi connectivity index (χ1) is 17.8. The van der Waals surface area contributed by atoms with Crippen molar-refractivity contribution in [3.63, 3.8) is 0 Å². The van der Waals surface area contributed by atoms with Crippen LogP contribution in [-0.2, 0) is 26.1 Å². The highest BCUT2D eigenvalue weighted by Crippen LogP contribution is 2.35. The van der Waals surface area contributed by atoms with Gasteiger partial charge in [0, 0.05) is 29.4 Å². The third-order valence-corrected chi connectivity index (χ3v) is 8.30. The minimum Gasteiger partial charge on any atom is -0.482 e. The van der Waals surface area contributed by atoms with Crippen LogP contribution >= 0.6 is 11.6 Å². The van der Waals surface area contributed by atoms with E-state index in [0.717, 1.165) is 5.56 Å². The summed E-state index contributed by atoms with van der Waals surface area (Å²) < 4.78 is 37.8. The van der Waals surface area contributed by atoms with Gasteiger partial charge in [-0.2, -0.15) is 4.31 Å². The lowest BCUT2D eigenvalue weighted by Crippen LogP contribution is -2.40. The smallest absolute Gasteiger partial charge is 0.265 e. The Kier molecular flexibility index (Phi) is 7.16. The zero-order valence-electron chi connectivity index (χ0n) is 19.7. The second-order valence-corrected chi connectivity index (χ2v) is 10.9. The fourth-order valence-electron chi connectivity index (χ4n) is 4.14. The largest absolute Gasteiger partial charge is 0.482 e. The van der Waals surface area contributed by atoms with E-state index in [4.69, 9.17) is 21.1 Å². The Morgan fingerprint density at radius 3 is 2.38 bits per heavy atom. The van der Waals surface area contributed by atoms with Crippen molar-refractivity contribution < 1.29 is 27.5 Å². The van der Waals surface area contributed by atoms with Crippen LogP contribution in [-0.4, -0.2) is 57.4 Å². The molecular weight excluding hydrogens is 518 g/mol. The van der Waals surface area contributed by atoms with Crippen LogP contribution in [0.25, 0.3) is 0 Å². The SMILES string of the molecule is O=C(Nc1ccc2c(c1)N(Cc1ccc(Cl)cc1)C(=O)CO2)c1ccc(S(=O)(=O)N2CCOCC2)cc1. The molecular formula is C26H24ClN3O6S. The molecule has 192 valence electrons. The number of amides is 2. The topological polar surface area (TPSA) is 105 Å². The van der Waals surface area contributed by atoms with Crippen LogP contribution in [0.1, 0.15) is 15.9 Å². The highest BCUT2D eigenvalue weighted by molar-refractivity contribution is 7.89. The first kappa shape index (κ1) is 25.2. The van der Waals surface area contributed by atoms with Crippen LogP contribution in [0.2, 0.25) is 5.02 Å². The Bertz CT molecular complexity index is 1420. The molecule has 0 radical (unpaired) electrons. The van der Waals surface area contributed by atoms with Crippen molar-refractivity contribution in [2.75, 3.05) is 43.1 Å². The molecule has 5 rings (SSSR count). The number of benzene rings is 3. The lowest BCUT2D eigenvalue weighted by atomic mass is 10.1. The maximum Gasteiger partial charge on any atom is 0.265 e. The van der Waals surface area contributed by atoms with E-state index < -0.39 is 15.9 Å². The molecule has 37 heavy (non-hydrogen) atoms. The quantitative estimate of drug-likeness (QED) is 0.512. The highest BCUT2D eigenvalue weighted by Gasteiger charge is 2.28. The maximum atomic E-state index is 12.9. The fourth-order valence-corrected chi connectivity index (χ4v) is 5.68. The number of carbonyl (C=O) groups is 2. The molecule has 2 aliphatic heterocycles. The lowest BCUT2D eigenvalue weighted by molar-refractivity contribution is -0.121. The van der Waals surface area contributed by atoms with Gasteiger partial charge >= 0.3 is 0 Å². The summed E-state index contributed by atoms with van der Waals surface area (Å²) in [4.78, 5) is 27.3. The Labute approximate surface area is 219 Å². The number of fused-ring (bicyclic) bond motifs is 1. The third kappa shape index (κ3) is 5.47. The molecule has 2 aliphatic rings. The zero-order valence-corrected chi connectivity index (χ0v) is 21.3. The van der Waals surface area contributed by atoms with Crippen LogP contribution in [0, 0.1) is 0 Å². The van der Waals surface area contributed by atoms with Crippen LogP contribution in [0.4, 0.5) is 11.4 Å². The van der Waals surface area contributed by atoms with Crippen molar-refractivity contribution in [3.05, 3.63) is 82.9 Å². The predicted octanol–water partition coefficient (Wildman–Crippen LogP) is 3.54. The van der Waals surface area contributed by atoms with E-state index in [0.29, 0.717) is 60.6 Å². The van der Waals surface area contributed by atoms with Gasteiger partial charge in [-0.3, -0.25) is 9.59 Å². The molecule has 0 aliphatic carbocycles. The number of hydrogen-bond donors (Lipinski definition) is 1. The van der Waals surface area contributed by atoms with E-state index >= 15 is 0 Å². The van der Waals surface area contributed by atoms with Gasteiger partial charge in [0.2, 0.25) is 10.0 Å². The maximum absolute atomic E-state index is 12.9. The molecule has 3 aromatic rings. The minimum atomic E-state index is -3.65. The van der Waals surface area contributed by atoms with Gasteiger partial charge < -0.3 is 19.7 Å². The average Bonchev–Trinajstić information content (AvgIpc) is 2.92. The summed E-state index contributed by atoms with van der Waals surface area (Å²) in [6, 6.07) is 18.1. The van der Waals surface area contributed by atoms with Crippen LogP contribution in [0.15, 0.2) is 71.6 Å². The standard InChI is InChI=1S/C26H24ClN3O6S/c27-20-5-1-18(2-6-20)16-30-23-15-21(7-10-24(23)36-17-25(30)31)28-26(32)19-3-8-22(9-4-19)37(33,34)29-11-13-35-14-12-29/h1-10,15H,11-14,16-17H2,(H,28,32). The molecule has 1 fully saturated rings. The van der Waals surface area contributed by atoms with Crippen molar-refractivity contribution in [2.24, 2.45) is 0 Å². The summed E-state index contributed by atoms with van der Waals surface area (Å²) >= 11 is 5.97. The van der Waals surface area contributed by atoms with E-state index in [9.17, 15) is 18.0 Å².